The average Bonchev–Trinajstić information content (AvgIpc) is 2.72. The van der Waals surface area contributed by atoms with Crippen LogP contribution < -0.4 is 0 Å². The molecule has 1 rings (SSSR count). The summed E-state index contributed by atoms with van der Waals surface area (Å²) in [6.07, 6.45) is 8.33. The van der Waals surface area contributed by atoms with Gasteiger partial charge in [0, 0.05) is 12.2 Å². The van der Waals surface area contributed by atoms with Gasteiger partial charge in [0.2, 0.25) is 0 Å². The molecule has 16 heavy (non-hydrogen) atoms. The molecular weight excluding hydrogens is 198 g/mol. The summed E-state index contributed by atoms with van der Waals surface area (Å²) in [7, 11) is 0. The summed E-state index contributed by atoms with van der Waals surface area (Å²) in [5.74, 6) is 0.867. The molecule has 1 heterocycles. The van der Waals surface area contributed by atoms with Crippen LogP contribution in [-0.2, 0) is 6.42 Å². The van der Waals surface area contributed by atoms with Crippen LogP contribution in [-0.4, -0.2) is 15.0 Å². The van der Waals surface area contributed by atoms with E-state index in [1.807, 2.05) is 4.68 Å². The first-order valence-electron chi connectivity index (χ1n) is 6.54. The van der Waals surface area contributed by atoms with E-state index in [0.29, 0.717) is 6.04 Å². The van der Waals surface area contributed by atoms with Crippen molar-refractivity contribution in [2.45, 2.75) is 65.8 Å². The molecule has 1 aromatic rings. The second kappa shape index (κ2) is 6.66. The Kier molecular flexibility index (Phi) is 5.50. The maximum absolute atomic E-state index is 4.19. The van der Waals surface area contributed by atoms with Crippen molar-refractivity contribution in [1.82, 2.24) is 15.0 Å². The van der Waals surface area contributed by atoms with Crippen LogP contribution in [0, 0.1) is 5.92 Å². The molecule has 0 aliphatic carbocycles. The van der Waals surface area contributed by atoms with Gasteiger partial charge in [-0.15, -0.1) is 5.10 Å². The number of unbranched alkanes of at least 4 members (excludes halogenated alkanes) is 1. The fourth-order valence-electron chi connectivity index (χ4n) is 1.68. The first-order chi connectivity index (χ1) is 7.63. The van der Waals surface area contributed by atoms with E-state index in [4.69, 9.17) is 0 Å². The third kappa shape index (κ3) is 4.33. The van der Waals surface area contributed by atoms with Crippen LogP contribution in [0.1, 0.15) is 65.1 Å². The van der Waals surface area contributed by atoms with E-state index in [0.717, 1.165) is 18.0 Å². The van der Waals surface area contributed by atoms with Gasteiger partial charge in [0.25, 0.3) is 0 Å². The molecule has 3 nitrogen and oxygen atoms in total. The highest BCUT2D eigenvalue weighted by atomic mass is 15.4. The van der Waals surface area contributed by atoms with Crippen molar-refractivity contribution in [3.05, 3.63) is 11.9 Å². The highest BCUT2D eigenvalue weighted by Crippen LogP contribution is 2.13. The summed E-state index contributed by atoms with van der Waals surface area (Å²) in [5.41, 5.74) is 1.14. The van der Waals surface area contributed by atoms with Crippen LogP contribution in [0.4, 0.5) is 0 Å². The van der Waals surface area contributed by atoms with Crippen LogP contribution >= 0.6 is 0 Å². The van der Waals surface area contributed by atoms with E-state index in [9.17, 15) is 0 Å². The van der Waals surface area contributed by atoms with Gasteiger partial charge in [-0.1, -0.05) is 38.3 Å². The largest absolute Gasteiger partial charge is 0.250 e. The predicted octanol–water partition coefficient (Wildman–Crippen LogP) is 3.62. The number of aryl methyl sites for hydroxylation is 1. The third-order valence-corrected chi connectivity index (χ3v) is 3.16. The molecular formula is C13H25N3. The maximum Gasteiger partial charge on any atom is 0.0827 e. The van der Waals surface area contributed by atoms with Gasteiger partial charge in [0.1, 0.15) is 0 Å². The fourth-order valence-corrected chi connectivity index (χ4v) is 1.68. The van der Waals surface area contributed by atoms with Gasteiger partial charge in [-0.2, -0.15) is 0 Å². The van der Waals surface area contributed by atoms with Gasteiger partial charge in [-0.05, 0) is 32.6 Å². The van der Waals surface area contributed by atoms with Gasteiger partial charge in [-0.3, -0.25) is 0 Å². The smallest absolute Gasteiger partial charge is 0.0827 e. The summed E-state index contributed by atoms with van der Waals surface area (Å²) in [4.78, 5) is 0. The molecule has 0 radical (unpaired) electrons. The van der Waals surface area contributed by atoms with Crippen molar-refractivity contribution in [3.8, 4) is 0 Å². The standard InChI is InChI=1S/C13H25N3/c1-5-12(4)8-6-7-9-13-10-16(11(2)3)15-14-13/h10-12H,5-9H2,1-4H3. The SMILES string of the molecule is CCC(C)CCCCc1cn(C(C)C)nn1. The molecule has 1 unspecified atom stereocenters. The molecule has 0 N–H and O–H groups in total. The van der Waals surface area contributed by atoms with Crippen LogP contribution in [0.2, 0.25) is 0 Å². The Bertz CT molecular complexity index is 291. The van der Waals surface area contributed by atoms with E-state index < -0.39 is 0 Å². The lowest BCUT2D eigenvalue weighted by Crippen LogP contribution is -2.00. The van der Waals surface area contributed by atoms with Crippen molar-refractivity contribution in [3.63, 3.8) is 0 Å². The molecule has 0 aliphatic heterocycles. The Morgan fingerprint density at radius 1 is 1.25 bits per heavy atom. The zero-order valence-corrected chi connectivity index (χ0v) is 11.1. The lowest BCUT2D eigenvalue weighted by molar-refractivity contribution is 0.484. The van der Waals surface area contributed by atoms with E-state index in [1.165, 1.54) is 25.7 Å². The molecule has 0 amide bonds. The van der Waals surface area contributed by atoms with Gasteiger partial charge in [-0.25, -0.2) is 4.68 Å². The molecule has 0 bridgehead atoms. The van der Waals surface area contributed by atoms with Gasteiger partial charge < -0.3 is 0 Å². The number of aromatic nitrogens is 3. The van der Waals surface area contributed by atoms with E-state index in [-0.39, 0.29) is 0 Å². The van der Waals surface area contributed by atoms with E-state index in [2.05, 4.69) is 44.2 Å². The van der Waals surface area contributed by atoms with Crippen LogP contribution in [0.15, 0.2) is 6.20 Å². The number of hydrogen-bond acceptors (Lipinski definition) is 2. The van der Waals surface area contributed by atoms with E-state index in [1.54, 1.807) is 0 Å². The summed E-state index contributed by atoms with van der Waals surface area (Å²) in [6, 6.07) is 0.418. The van der Waals surface area contributed by atoms with Crippen molar-refractivity contribution in [1.29, 1.82) is 0 Å². The molecule has 0 aliphatic rings. The van der Waals surface area contributed by atoms with E-state index >= 15 is 0 Å². The Hall–Kier alpha value is -0.860. The Balaban J connectivity index is 2.21. The third-order valence-electron chi connectivity index (χ3n) is 3.16. The molecule has 0 spiro atoms. The number of nitrogens with zero attached hydrogens (tertiary/aromatic N) is 3. The predicted molar refractivity (Wildman–Crippen MR) is 67.4 cm³/mol. The van der Waals surface area contributed by atoms with Crippen LogP contribution in [0.25, 0.3) is 0 Å². The minimum Gasteiger partial charge on any atom is -0.250 e. The summed E-state index contributed by atoms with van der Waals surface area (Å²) < 4.78 is 1.93. The first-order valence-corrected chi connectivity index (χ1v) is 6.54. The van der Waals surface area contributed by atoms with Crippen molar-refractivity contribution in [2.24, 2.45) is 5.92 Å². The summed E-state index contributed by atoms with van der Waals surface area (Å²) >= 11 is 0. The monoisotopic (exact) mass is 223 g/mol. The van der Waals surface area contributed by atoms with Crippen molar-refractivity contribution in [2.75, 3.05) is 0 Å². The topological polar surface area (TPSA) is 30.7 Å². The van der Waals surface area contributed by atoms with Gasteiger partial charge in [0.15, 0.2) is 0 Å². The molecule has 3 heteroatoms. The van der Waals surface area contributed by atoms with Crippen LogP contribution in [0.3, 0.4) is 0 Å². The molecule has 1 aromatic heterocycles. The minimum atomic E-state index is 0.418. The molecule has 0 fully saturated rings. The zero-order chi connectivity index (χ0) is 12.0. The normalized spacial score (nSPS) is 13.3. The molecule has 0 aromatic carbocycles. The Morgan fingerprint density at radius 2 is 2.00 bits per heavy atom. The quantitative estimate of drug-likeness (QED) is 0.661. The maximum atomic E-state index is 4.19. The molecule has 0 saturated heterocycles. The second-order valence-corrected chi connectivity index (χ2v) is 5.04. The number of rotatable bonds is 7. The molecule has 0 saturated carbocycles. The summed E-state index contributed by atoms with van der Waals surface area (Å²) in [5, 5.41) is 8.30. The fraction of sp³-hybridized carbons (Fsp3) is 0.846. The second-order valence-electron chi connectivity index (χ2n) is 5.04. The molecule has 1 atom stereocenters. The zero-order valence-electron chi connectivity index (χ0n) is 11.1. The highest BCUT2D eigenvalue weighted by Gasteiger charge is 2.04. The van der Waals surface area contributed by atoms with Crippen molar-refractivity contribution < 1.29 is 0 Å². The van der Waals surface area contributed by atoms with Crippen molar-refractivity contribution >= 4 is 0 Å². The molecule has 92 valence electrons. The van der Waals surface area contributed by atoms with Gasteiger partial charge >= 0.3 is 0 Å². The lowest BCUT2D eigenvalue weighted by Gasteiger charge is -2.06. The van der Waals surface area contributed by atoms with Crippen LogP contribution in [0.5, 0.6) is 0 Å². The Morgan fingerprint density at radius 3 is 2.56 bits per heavy atom. The average molecular weight is 223 g/mol. The summed E-state index contributed by atoms with van der Waals surface area (Å²) in [6.45, 7) is 8.84. The Labute approximate surface area is 99.2 Å². The minimum absolute atomic E-state index is 0.418. The lowest BCUT2D eigenvalue weighted by atomic mass is 10.0. The van der Waals surface area contributed by atoms with Gasteiger partial charge in [0.05, 0.1) is 5.69 Å². The highest BCUT2D eigenvalue weighted by molar-refractivity contribution is 4.92. The first kappa shape index (κ1) is 13.2. The number of hydrogen-bond donors (Lipinski definition) is 0.